The van der Waals surface area contributed by atoms with E-state index < -0.39 is 5.82 Å². The Bertz CT molecular complexity index is 613. The summed E-state index contributed by atoms with van der Waals surface area (Å²) in [6, 6.07) is 11.6. The molecule has 0 aliphatic carbocycles. The first-order valence-corrected chi connectivity index (χ1v) is 6.23. The van der Waals surface area contributed by atoms with Crippen molar-refractivity contribution in [2.75, 3.05) is 5.73 Å². The van der Waals surface area contributed by atoms with Crippen LogP contribution in [0.5, 0.6) is 0 Å². The van der Waals surface area contributed by atoms with Gasteiger partial charge < -0.3 is 5.73 Å². The SMILES string of the molecule is Nc1cccc(CC(=O)Cc2cccc(F)c2Cl)c1. The number of hydrogen-bond acceptors (Lipinski definition) is 2. The first kappa shape index (κ1) is 13.6. The highest BCUT2D eigenvalue weighted by atomic mass is 35.5. The van der Waals surface area contributed by atoms with Crippen LogP contribution < -0.4 is 5.73 Å². The van der Waals surface area contributed by atoms with Gasteiger partial charge >= 0.3 is 0 Å². The van der Waals surface area contributed by atoms with Crippen molar-refractivity contribution in [2.45, 2.75) is 12.8 Å². The molecular formula is C15H13ClFNO. The highest BCUT2D eigenvalue weighted by Crippen LogP contribution is 2.20. The lowest BCUT2D eigenvalue weighted by atomic mass is 10.0. The molecule has 0 bridgehead atoms. The molecule has 4 heteroatoms. The number of rotatable bonds is 4. The van der Waals surface area contributed by atoms with E-state index >= 15 is 0 Å². The maximum absolute atomic E-state index is 13.2. The number of ketones is 1. The average Bonchev–Trinajstić information content (AvgIpc) is 2.35. The Hall–Kier alpha value is -1.87. The molecule has 2 nitrogen and oxygen atoms in total. The third-order valence-corrected chi connectivity index (χ3v) is 3.19. The number of carbonyl (C=O) groups is 1. The lowest BCUT2D eigenvalue weighted by molar-refractivity contribution is -0.117. The Labute approximate surface area is 116 Å². The molecule has 0 unspecified atom stereocenters. The number of benzene rings is 2. The number of halogens is 2. The van der Waals surface area contributed by atoms with E-state index in [1.807, 2.05) is 6.07 Å². The van der Waals surface area contributed by atoms with Gasteiger partial charge in [-0.2, -0.15) is 0 Å². The zero-order valence-corrected chi connectivity index (χ0v) is 11.0. The summed E-state index contributed by atoms with van der Waals surface area (Å²) < 4.78 is 13.2. The summed E-state index contributed by atoms with van der Waals surface area (Å²) >= 11 is 5.82. The van der Waals surface area contributed by atoms with Crippen LogP contribution in [0.4, 0.5) is 10.1 Å². The van der Waals surface area contributed by atoms with Crippen LogP contribution in [0.15, 0.2) is 42.5 Å². The first-order valence-electron chi connectivity index (χ1n) is 5.85. The van der Waals surface area contributed by atoms with Gasteiger partial charge in [0.25, 0.3) is 0 Å². The molecule has 0 aromatic heterocycles. The van der Waals surface area contributed by atoms with Crippen LogP contribution in [-0.2, 0) is 17.6 Å². The number of nitrogen functional groups attached to an aromatic ring is 1. The summed E-state index contributed by atoms with van der Waals surface area (Å²) in [5.41, 5.74) is 7.62. The van der Waals surface area contributed by atoms with E-state index in [-0.39, 0.29) is 23.6 Å². The molecule has 2 aromatic carbocycles. The zero-order valence-electron chi connectivity index (χ0n) is 10.2. The Balaban J connectivity index is 2.08. The van der Waals surface area contributed by atoms with Crippen LogP contribution in [0.3, 0.4) is 0 Å². The summed E-state index contributed by atoms with van der Waals surface area (Å²) in [6.45, 7) is 0. The highest BCUT2D eigenvalue weighted by Gasteiger charge is 2.11. The predicted molar refractivity (Wildman–Crippen MR) is 74.7 cm³/mol. The fourth-order valence-electron chi connectivity index (χ4n) is 1.89. The van der Waals surface area contributed by atoms with Crippen molar-refractivity contribution in [2.24, 2.45) is 0 Å². The molecule has 2 rings (SSSR count). The number of Topliss-reactive ketones (excluding diaryl/α,β-unsaturated/α-hetero) is 1. The van der Waals surface area contributed by atoms with Crippen molar-refractivity contribution in [3.05, 3.63) is 64.4 Å². The number of anilines is 1. The summed E-state index contributed by atoms with van der Waals surface area (Å²) in [5.74, 6) is -0.533. The molecule has 0 saturated heterocycles. The van der Waals surface area contributed by atoms with Gasteiger partial charge in [-0.25, -0.2) is 4.39 Å². The summed E-state index contributed by atoms with van der Waals surface area (Å²) in [6.07, 6.45) is 0.378. The van der Waals surface area contributed by atoms with Crippen molar-refractivity contribution in [3.8, 4) is 0 Å². The van der Waals surface area contributed by atoms with Gasteiger partial charge in [0.15, 0.2) is 0 Å². The van der Waals surface area contributed by atoms with E-state index in [0.717, 1.165) is 5.56 Å². The number of carbonyl (C=O) groups excluding carboxylic acids is 1. The largest absolute Gasteiger partial charge is 0.399 e. The van der Waals surface area contributed by atoms with E-state index in [1.54, 1.807) is 30.3 Å². The monoisotopic (exact) mass is 277 g/mol. The second kappa shape index (κ2) is 5.85. The molecule has 19 heavy (non-hydrogen) atoms. The summed E-state index contributed by atoms with van der Waals surface area (Å²) in [5, 5.41) is 0.0171. The van der Waals surface area contributed by atoms with Gasteiger partial charge in [0.1, 0.15) is 11.6 Å². The number of nitrogens with two attached hydrogens (primary N) is 1. The van der Waals surface area contributed by atoms with Gasteiger partial charge in [0.2, 0.25) is 0 Å². The third kappa shape index (κ3) is 3.55. The maximum atomic E-state index is 13.2. The van der Waals surface area contributed by atoms with Gasteiger partial charge in [-0.1, -0.05) is 35.9 Å². The zero-order chi connectivity index (χ0) is 13.8. The Morgan fingerprint density at radius 3 is 2.63 bits per heavy atom. The molecule has 98 valence electrons. The van der Waals surface area contributed by atoms with Gasteiger partial charge in [0.05, 0.1) is 5.02 Å². The maximum Gasteiger partial charge on any atom is 0.142 e. The van der Waals surface area contributed by atoms with Crippen LogP contribution in [0.2, 0.25) is 5.02 Å². The molecular weight excluding hydrogens is 265 g/mol. The fraction of sp³-hybridized carbons (Fsp3) is 0.133. The van der Waals surface area contributed by atoms with Gasteiger partial charge in [0, 0.05) is 18.5 Å². The number of hydrogen-bond donors (Lipinski definition) is 1. The molecule has 0 heterocycles. The highest BCUT2D eigenvalue weighted by molar-refractivity contribution is 6.31. The topological polar surface area (TPSA) is 43.1 Å². The molecule has 0 saturated carbocycles. The first-order chi connectivity index (χ1) is 9.06. The average molecular weight is 278 g/mol. The second-order valence-electron chi connectivity index (χ2n) is 4.35. The van der Waals surface area contributed by atoms with E-state index in [0.29, 0.717) is 11.3 Å². The van der Waals surface area contributed by atoms with E-state index in [2.05, 4.69) is 0 Å². The Morgan fingerprint density at radius 1 is 1.16 bits per heavy atom. The van der Waals surface area contributed by atoms with Crippen LogP contribution in [0.1, 0.15) is 11.1 Å². The third-order valence-electron chi connectivity index (χ3n) is 2.77. The van der Waals surface area contributed by atoms with E-state index in [9.17, 15) is 9.18 Å². The van der Waals surface area contributed by atoms with Gasteiger partial charge in [-0.3, -0.25) is 4.79 Å². The molecule has 0 amide bonds. The lowest BCUT2D eigenvalue weighted by Gasteiger charge is -2.05. The molecule has 0 radical (unpaired) electrons. The summed E-state index contributed by atoms with van der Waals surface area (Å²) in [7, 11) is 0. The van der Waals surface area contributed by atoms with Crippen molar-refractivity contribution >= 4 is 23.1 Å². The van der Waals surface area contributed by atoms with E-state index in [1.165, 1.54) is 6.07 Å². The Morgan fingerprint density at radius 2 is 1.89 bits per heavy atom. The molecule has 0 atom stereocenters. The van der Waals surface area contributed by atoms with Crippen LogP contribution in [0, 0.1) is 5.82 Å². The predicted octanol–water partition coefficient (Wildman–Crippen LogP) is 3.42. The minimum absolute atomic E-state index is 0.0171. The van der Waals surface area contributed by atoms with Crippen molar-refractivity contribution < 1.29 is 9.18 Å². The normalized spacial score (nSPS) is 10.4. The van der Waals surface area contributed by atoms with Crippen molar-refractivity contribution in [3.63, 3.8) is 0 Å². The quantitative estimate of drug-likeness (QED) is 0.870. The smallest absolute Gasteiger partial charge is 0.142 e. The van der Waals surface area contributed by atoms with Crippen molar-refractivity contribution in [1.29, 1.82) is 0 Å². The molecule has 0 aliphatic rings. The molecule has 2 aromatic rings. The summed E-state index contributed by atoms with van der Waals surface area (Å²) in [4.78, 5) is 11.9. The van der Waals surface area contributed by atoms with Crippen molar-refractivity contribution in [1.82, 2.24) is 0 Å². The standard InChI is InChI=1S/C15H13ClFNO/c16-15-11(4-2-6-14(15)17)9-13(19)8-10-3-1-5-12(18)7-10/h1-7H,8-9,18H2. The minimum Gasteiger partial charge on any atom is -0.399 e. The van der Waals surface area contributed by atoms with Crippen LogP contribution in [-0.4, -0.2) is 5.78 Å². The minimum atomic E-state index is -0.504. The molecule has 0 spiro atoms. The van der Waals surface area contributed by atoms with E-state index in [4.69, 9.17) is 17.3 Å². The fourth-order valence-corrected chi connectivity index (χ4v) is 2.08. The van der Waals surface area contributed by atoms with Crippen LogP contribution >= 0.6 is 11.6 Å². The molecule has 0 fully saturated rings. The van der Waals surface area contributed by atoms with Gasteiger partial charge in [-0.05, 0) is 29.3 Å². The van der Waals surface area contributed by atoms with Gasteiger partial charge in [-0.15, -0.1) is 0 Å². The van der Waals surface area contributed by atoms with Crippen LogP contribution in [0.25, 0.3) is 0 Å². The molecule has 2 N–H and O–H groups in total. The molecule has 0 aliphatic heterocycles. The second-order valence-corrected chi connectivity index (χ2v) is 4.73. The Kier molecular flexibility index (Phi) is 4.17. The lowest BCUT2D eigenvalue weighted by Crippen LogP contribution is -2.07.